The van der Waals surface area contributed by atoms with Crippen molar-refractivity contribution in [1.82, 2.24) is 4.57 Å². The Morgan fingerprint density at radius 2 is 0.886 bits per heavy atom. The molecule has 11 aromatic rings. The monoisotopic (exact) mass is 932 g/mol. The number of phenolic OH excluding ortho intramolecular Hbond substituents is 5. The third-order valence-corrected chi connectivity index (χ3v) is 14.5. The molecule has 0 saturated carbocycles. The zero-order valence-electron chi connectivity index (χ0n) is 38.5. The van der Waals surface area contributed by atoms with Crippen molar-refractivity contribution >= 4 is 65.9 Å². The molecule has 0 spiro atoms. The summed E-state index contributed by atoms with van der Waals surface area (Å²) in [4.78, 5) is 3.65. The molecule has 9 aromatic carbocycles. The predicted molar refractivity (Wildman–Crippen MR) is 289 cm³/mol. The lowest BCUT2D eigenvalue weighted by Crippen LogP contribution is -2.10. The van der Waals surface area contributed by atoms with Gasteiger partial charge in [0.1, 0.15) is 5.69 Å². The Morgan fingerprint density at radius 1 is 0.414 bits per heavy atom. The second-order valence-electron chi connectivity index (χ2n) is 17.2. The summed E-state index contributed by atoms with van der Waals surface area (Å²) in [5.41, 5.74) is 14.5. The van der Waals surface area contributed by atoms with E-state index in [0.717, 1.165) is 62.9 Å². The van der Waals surface area contributed by atoms with Crippen molar-refractivity contribution in [3.05, 3.63) is 216 Å². The van der Waals surface area contributed by atoms with E-state index in [1.165, 1.54) is 42.8 Å². The minimum Gasteiger partial charge on any atom is -0.503 e. The van der Waals surface area contributed by atoms with Crippen LogP contribution in [0.4, 0.5) is 17.1 Å². The molecule has 2 heterocycles. The number of allylic oxidation sites excluding steroid dienone is 1. The summed E-state index contributed by atoms with van der Waals surface area (Å²) in [6, 6.07) is 67.4. The Bertz CT molecular complexity index is 3750. The van der Waals surface area contributed by atoms with Gasteiger partial charge < -0.3 is 35.0 Å². The minimum atomic E-state index is -1.00. The average Bonchev–Trinajstić information content (AvgIpc) is 3.97. The number of benzene rings is 9. The Balaban J connectivity index is 0.00000263. The van der Waals surface area contributed by atoms with Crippen LogP contribution in [0, 0.1) is 0 Å². The van der Waals surface area contributed by atoms with E-state index >= 15 is 0 Å². The Morgan fingerprint density at radius 3 is 1.51 bits per heavy atom. The molecule has 0 bridgehead atoms. The van der Waals surface area contributed by atoms with Crippen LogP contribution < -0.4 is 4.90 Å². The zero-order valence-corrected chi connectivity index (χ0v) is 39.3. The highest BCUT2D eigenvalue weighted by Crippen LogP contribution is 2.54. The number of hydrogen-bond acceptors (Lipinski definition) is 7. The van der Waals surface area contributed by atoms with E-state index < -0.39 is 28.7 Å². The number of hydrogen-bond donors (Lipinski definition) is 5. The highest BCUT2D eigenvalue weighted by atomic mass is 32.1. The molecule has 0 radical (unpaired) electrons. The molecule has 12 rings (SSSR count). The van der Waals surface area contributed by atoms with E-state index in [1.54, 1.807) is 4.57 Å². The molecule has 70 heavy (non-hydrogen) atoms. The van der Waals surface area contributed by atoms with Crippen molar-refractivity contribution in [2.45, 2.75) is 26.7 Å². The fourth-order valence-electron chi connectivity index (χ4n) is 9.90. The number of phenols is 5. The number of anilines is 3. The quantitative estimate of drug-likeness (QED) is 0.0767. The summed E-state index contributed by atoms with van der Waals surface area (Å²) in [7, 11) is 0. The lowest BCUT2D eigenvalue weighted by molar-refractivity contribution is 0.327. The number of aryl methyl sites for hydroxylation is 1. The van der Waals surface area contributed by atoms with Gasteiger partial charge in [-0.2, -0.15) is 0 Å². The van der Waals surface area contributed by atoms with E-state index in [-0.39, 0.29) is 5.69 Å². The molecule has 0 saturated heterocycles. The SMILES string of the molecule is CC.Oc1c(O)c(O)c(-n2c3ccccc3c3cc(-c4ccc(N(c5ccc(C6=CCCc7c6sc6ccccc76)cc5)c5ccc(-c6cccc(-c7ccccc7)c6)cc5)cc4)ccc32)c(O)c1O. The fourth-order valence-corrected chi connectivity index (χ4v) is 11.2. The zero-order chi connectivity index (χ0) is 48.0. The molecule has 5 N–H and O–H groups in total. The van der Waals surface area contributed by atoms with Crippen LogP contribution in [0.2, 0.25) is 0 Å². The highest BCUT2D eigenvalue weighted by molar-refractivity contribution is 7.20. The Kier molecular flexibility index (Phi) is 11.3. The van der Waals surface area contributed by atoms with E-state index in [9.17, 15) is 25.5 Å². The second-order valence-corrected chi connectivity index (χ2v) is 18.2. The summed E-state index contributed by atoms with van der Waals surface area (Å²) in [6.45, 7) is 4.00. The molecular weight excluding hydrogens is 885 g/mol. The van der Waals surface area contributed by atoms with Gasteiger partial charge in [0.15, 0.2) is 11.5 Å². The first-order valence-electron chi connectivity index (χ1n) is 23.5. The molecule has 0 atom stereocenters. The molecule has 8 heteroatoms. The number of aromatic nitrogens is 1. The third-order valence-electron chi connectivity index (χ3n) is 13.3. The Labute approximate surface area is 409 Å². The van der Waals surface area contributed by atoms with Crippen molar-refractivity contribution in [1.29, 1.82) is 0 Å². The number of aromatic hydroxyl groups is 5. The maximum atomic E-state index is 11.0. The molecule has 0 fully saturated rings. The lowest BCUT2D eigenvalue weighted by atomic mass is 9.91. The molecule has 342 valence electrons. The maximum Gasteiger partial charge on any atom is 0.208 e. The number of nitrogens with zero attached hydrogens (tertiary/aromatic N) is 2. The molecular formula is C62H48N2O5S. The van der Waals surface area contributed by atoms with Gasteiger partial charge in [0, 0.05) is 37.4 Å². The van der Waals surface area contributed by atoms with Crippen molar-refractivity contribution < 1.29 is 25.5 Å². The molecule has 1 aliphatic rings. The van der Waals surface area contributed by atoms with Crippen LogP contribution in [0.15, 0.2) is 200 Å². The van der Waals surface area contributed by atoms with Crippen molar-refractivity contribution in [3.8, 4) is 67.8 Å². The summed E-state index contributed by atoms with van der Waals surface area (Å²) < 4.78 is 2.90. The number of fused-ring (bicyclic) bond motifs is 6. The number of para-hydroxylation sites is 1. The van der Waals surface area contributed by atoms with Crippen molar-refractivity contribution in [2.24, 2.45) is 0 Å². The van der Waals surface area contributed by atoms with E-state index in [2.05, 4.69) is 163 Å². The summed E-state index contributed by atoms with van der Waals surface area (Å²) in [5.74, 6) is -4.39. The molecule has 0 unspecified atom stereocenters. The van der Waals surface area contributed by atoms with Crippen LogP contribution in [0.3, 0.4) is 0 Å². The van der Waals surface area contributed by atoms with Crippen LogP contribution in [0.1, 0.15) is 36.3 Å². The van der Waals surface area contributed by atoms with Gasteiger partial charge >= 0.3 is 0 Å². The maximum absolute atomic E-state index is 11.0. The predicted octanol–water partition coefficient (Wildman–Crippen LogP) is 16.4. The van der Waals surface area contributed by atoms with Gasteiger partial charge in [-0.05, 0) is 135 Å². The van der Waals surface area contributed by atoms with Crippen LogP contribution >= 0.6 is 11.3 Å². The van der Waals surface area contributed by atoms with Crippen LogP contribution in [-0.2, 0) is 6.42 Å². The smallest absolute Gasteiger partial charge is 0.208 e. The summed E-state index contributed by atoms with van der Waals surface area (Å²) >= 11 is 1.88. The van der Waals surface area contributed by atoms with Gasteiger partial charge in [-0.1, -0.05) is 147 Å². The fraction of sp³-hybridized carbons (Fsp3) is 0.0645. The van der Waals surface area contributed by atoms with Crippen LogP contribution in [0.25, 0.3) is 76.5 Å². The van der Waals surface area contributed by atoms with Gasteiger partial charge in [-0.3, -0.25) is 0 Å². The van der Waals surface area contributed by atoms with Gasteiger partial charge in [-0.15, -0.1) is 11.3 Å². The number of thiophene rings is 1. The molecule has 0 amide bonds. The van der Waals surface area contributed by atoms with E-state index in [0.29, 0.717) is 11.0 Å². The minimum absolute atomic E-state index is 0.247. The first kappa shape index (κ1) is 43.8. The van der Waals surface area contributed by atoms with Gasteiger partial charge in [0.25, 0.3) is 0 Å². The van der Waals surface area contributed by atoms with Crippen LogP contribution in [0.5, 0.6) is 28.7 Å². The van der Waals surface area contributed by atoms with Gasteiger partial charge in [-0.25, -0.2) is 0 Å². The van der Waals surface area contributed by atoms with Gasteiger partial charge in [0.2, 0.25) is 17.2 Å². The average molecular weight is 933 g/mol. The molecule has 2 aromatic heterocycles. The summed E-state index contributed by atoms with van der Waals surface area (Å²) in [6.07, 6.45) is 4.46. The Hall–Kier alpha value is -8.72. The van der Waals surface area contributed by atoms with E-state index in [1.807, 2.05) is 67.6 Å². The van der Waals surface area contributed by atoms with Crippen molar-refractivity contribution in [2.75, 3.05) is 4.90 Å². The third kappa shape index (κ3) is 7.46. The number of rotatable bonds is 8. The van der Waals surface area contributed by atoms with Gasteiger partial charge in [0.05, 0.1) is 11.0 Å². The lowest BCUT2D eigenvalue weighted by Gasteiger charge is -2.26. The highest BCUT2D eigenvalue weighted by Gasteiger charge is 2.27. The second kappa shape index (κ2) is 18.1. The first-order chi connectivity index (χ1) is 34.3. The van der Waals surface area contributed by atoms with Crippen molar-refractivity contribution in [3.63, 3.8) is 0 Å². The summed E-state index contributed by atoms with van der Waals surface area (Å²) in [5, 5.41) is 56.1. The van der Waals surface area contributed by atoms with Crippen LogP contribution in [-0.4, -0.2) is 30.1 Å². The normalized spacial score (nSPS) is 12.1. The molecule has 0 aliphatic heterocycles. The largest absolute Gasteiger partial charge is 0.503 e. The standard InChI is InChI=1S/C60H42N2O5S.C2H6/c63-55-54(56(64)58(66)59(67)57(55)65)62-51-18-6-4-14-47(51)50-35-42(26-33-52(50)62)38-22-29-44(30-23-38)61(43-27-20-37(21-28-43)41-13-8-12-40(34-41)36-10-2-1-3-11-36)45-31-24-39(25-32-45)46-16-9-17-49-48-15-5-7-19-53(48)68-60(46)49;1-2/h1-8,10-16,18-35,63-67H,9,17H2;1-2H3. The topological polar surface area (TPSA) is 109 Å². The molecule has 7 nitrogen and oxygen atoms in total. The van der Waals surface area contributed by atoms with E-state index in [4.69, 9.17) is 0 Å². The molecule has 1 aliphatic carbocycles. The first-order valence-corrected chi connectivity index (χ1v) is 24.3.